The van der Waals surface area contributed by atoms with Gasteiger partial charge in [0.05, 0.1) is 17.2 Å². The Labute approximate surface area is 169 Å². The molecule has 0 aliphatic carbocycles. The van der Waals surface area contributed by atoms with Crippen LogP contribution >= 0.6 is 0 Å². The normalized spacial score (nSPS) is 17.3. The van der Waals surface area contributed by atoms with Crippen molar-refractivity contribution in [2.45, 2.75) is 43.5 Å². The maximum atomic E-state index is 12.7. The van der Waals surface area contributed by atoms with Crippen molar-refractivity contribution in [2.24, 2.45) is 0 Å². The molecule has 4 rings (SSSR count). The lowest BCUT2D eigenvalue weighted by atomic mass is 10.0. The van der Waals surface area contributed by atoms with E-state index in [2.05, 4.69) is 10.8 Å². The number of nitrogens with one attached hydrogen (secondary N) is 1. The summed E-state index contributed by atoms with van der Waals surface area (Å²) >= 11 is 0. The van der Waals surface area contributed by atoms with E-state index in [1.54, 1.807) is 0 Å². The van der Waals surface area contributed by atoms with Gasteiger partial charge in [-0.15, -0.1) is 0 Å². The minimum absolute atomic E-state index is 0.0922. The fraction of sp³-hybridized carbons (Fsp3) is 0.333. The highest BCUT2D eigenvalue weighted by Gasteiger charge is 2.30. The molecule has 1 N–H and O–H groups in total. The number of hydrogen-bond donors (Lipinski definition) is 1. The molecule has 2 amide bonds. The average Bonchev–Trinajstić information content (AvgIpc) is 3.27. The van der Waals surface area contributed by atoms with Gasteiger partial charge in [-0.05, 0) is 54.8 Å². The largest absolute Gasteiger partial charge is 0.493 e. The zero-order valence-electron chi connectivity index (χ0n) is 16.1. The lowest BCUT2D eigenvalue weighted by Gasteiger charge is -2.16. The molecule has 1 atom stereocenters. The van der Waals surface area contributed by atoms with Crippen LogP contribution in [0.1, 0.15) is 30.9 Å². The third-order valence-electron chi connectivity index (χ3n) is 5.11. The number of hydrogen-bond acceptors (Lipinski definition) is 5. The van der Waals surface area contributed by atoms with Crippen molar-refractivity contribution in [1.29, 1.82) is 0 Å². The zero-order valence-corrected chi connectivity index (χ0v) is 16.9. The van der Waals surface area contributed by atoms with Gasteiger partial charge in [0, 0.05) is 25.3 Å². The number of sulfonamides is 1. The quantitative estimate of drug-likeness (QED) is 0.732. The SMILES string of the molecule is C[C@H](Cc1ccc2c(c1)CCO2)NS(=O)(=O)c1ccc(N2C(=O)CCC2=O)cc1. The fourth-order valence-electron chi connectivity index (χ4n) is 3.73. The number of nitrogens with zero attached hydrogens (tertiary/aromatic N) is 1. The highest BCUT2D eigenvalue weighted by atomic mass is 32.2. The summed E-state index contributed by atoms with van der Waals surface area (Å²) < 4.78 is 33.6. The van der Waals surface area contributed by atoms with Gasteiger partial charge >= 0.3 is 0 Å². The first-order valence-electron chi connectivity index (χ1n) is 9.56. The van der Waals surface area contributed by atoms with Crippen molar-refractivity contribution in [3.63, 3.8) is 0 Å². The van der Waals surface area contributed by atoms with E-state index >= 15 is 0 Å². The summed E-state index contributed by atoms with van der Waals surface area (Å²) in [5.41, 5.74) is 2.59. The molecule has 29 heavy (non-hydrogen) atoms. The standard InChI is InChI=1S/C21H22N2O5S/c1-14(12-15-2-7-19-16(13-15)10-11-28-19)22-29(26,27)18-5-3-17(4-6-18)23-20(24)8-9-21(23)25/h2-7,13-14,22H,8-12H2,1H3/t14-/m1/s1. The minimum atomic E-state index is -3.72. The minimum Gasteiger partial charge on any atom is -0.493 e. The molecule has 0 unspecified atom stereocenters. The molecule has 7 nitrogen and oxygen atoms in total. The summed E-state index contributed by atoms with van der Waals surface area (Å²) in [5.74, 6) is 0.367. The second-order valence-electron chi connectivity index (χ2n) is 7.38. The molecular weight excluding hydrogens is 392 g/mol. The van der Waals surface area contributed by atoms with Crippen molar-refractivity contribution in [2.75, 3.05) is 11.5 Å². The average molecular weight is 414 g/mol. The van der Waals surface area contributed by atoms with Crippen LogP contribution in [0, 0.1) is 0 Å². The van der Waals surface area contributed by atoms with Crippen LogP contribution in [0.4, 0.5) is 5.69 Å². The third kappa shape index (κ3) is 4.04. The number of imide groups is 1. The molecule has 1 fully saturated rings. The molecule has 2 aromatic rings. The van der Waals surface area contributed by atoms with Gasteiger partial charge in [-0.3, -0.25) is 14.5 Å². The summed E-state index contributed by atoms with van der Waals surface area (Å²) in [5, 5.41) is 0. The van der Waals surface area contributed by atoms with Gasteiger partial charge in [0.15, 0.2) is 0 Å². The van der Waals surface area contributed by atoms with Crippen LogP contribution in [0.3, 0.4) is 0 Å². The number of fused-ring (bicyclic) bond motifs is 1. The summed E-state index contributed by atoms with van der Waals surface area (Å²) in [4.78, 5) is 24.8. The van der Waals surface area contributed by atoms with Crippen LogP contribution in [0.2, 0.25) is 0 Å². The van der Waals surface area contributed by atoms with Crippen molar-refractivity contribution < 1.29 is 22.7 Å². The van der Waals surface area contributed by atoms with Gasteiger partial charge in [-0.1, -0.05) is 12.1 Å². The van der Waals surface area contributed by atoms with Crippen LogP contribution in [0.15, 0.2) is 47.4 Å². The van der Waals surface area contributed by atoms with Crippen molar-refractivity contribution in [3.05, 3.63) is 53.6 Å². The maximum Gasteiger partial charge on any atom is 0.240 e. The van der Waals surface area contributed by atoms with E-state index in [1.165, 1.54) is 24.3 Å². The molecule has 0 radical (unpaired) electrons. The molecule has 2 heterocycles. The molecule has 2 aromatic carbocycles. The number of amides is 2. The molecule has 0 aromatic heterocycles. The lowest BCUT2D eigenvalue weighted by Crippen LogP contribution is -2.34. The molecule has 2 aliphatic rings. The van der Waals surface area contributed by atoms with Gasteiger partial charge < -0.3 is 4.74 Å². The number of anilines is 1. The molecule has 0 saturated carbocycles. The Morgan fingerprint density at radius 3 is 2.41 bits per heavy atom. The van der Waals surface area contributed by atoms with E-state index in [0.29, 0.717) is 18.7 Å². The zero-order chi connectivity index (χ0) is 20.6. The van der Waals surface area contributed by atoms with Crippen LogP contribution < -0.4 is 14.4 Å². The molecule has 0 spiro atoms. The van der Waals surface area contributed by atoms with Gasteiger partial charge in [0.2, 0.25) is 21.8 Å². The second-order valence-corrected chi connectivity index (χ2v) is 9.10. The molecule has 152 valence electrons. The molecule has 0 bridgehead atoms. The number of rotatable bonds is 6. The maximum absolute atomic E-state index is 12.7. The third-order valence-corrected chi connectivity index (χ3v) is 6.71. The van der Waals surface area contributed by atoms with E-state index in [9.17, 15) is 18.0 Å². The second kappa shape index (κ2) is 7.61. The number of ether oxygens (including phenoxy) is 1. The lowest BCUT2D eigenvalue weighted by molar-refractivity contribution is -0.121. The monoisotopic (exact) mass is 414 g/mol. The molecular formula is C21H22N2O5S. The van der Waals surface area contributed by atoms with Crippen LogP contribution in [0.25, 0.3) is 0 Å². The van der Waals surface area contributed by atoms with Gasteiger partial charge in [-0.25, -0.2) is 13.1 Å². The number of benzene rings is 2. The summed E-state index contributed by atoms with van der Waals surface area (Å²) in [6, 6.07) is 11.4. The highest BCUT2D eigenvalue weighted by Crippen LogP contribution is 2.27. The number of carbonyl (C=O) groups is 2. The van der Waals surface area contributed by atoms with Crippen molar-refractivity contribution in [1.82, 2.24) is 4.72 Å². The van der Waals surface area contributed by atoms with Crippen LogP contribution in [0.5, 0.6) is 5.75 Å². The topological polar surface area (TPSA) is 92.8 Å². The molecule has 1 saturated heterocycles. The first-order valence-corrected chi connectivity index (χ1v) is 11.0. The highest BCUT2D eigenvalue weighted by molar-refractivity contribution is 7.89. The Kier molecular flexibility index (Phi) is 5.14. The Morgan fingerprint density at radius 1 is 1.03 bits per heavy atom. The van der Waals surface area contributed by atoms with Crippen molar-refractivity contribution >= 4 is 27.5 Å². The van der Waals surface area contributed by atoms with Crippen LogP contribution in [-0.4, -0.2) is 32.9 Å². The van der Waals surface area contributed by atoms with E-state index in [-0.39, 0.29) is 35.6 Å². The van der Waals surface area contributed by atoms with Crippen LogP contribution in [-0.2, 0) is 32.5 Å². The Bertz CT molecular complexity index is 1050. The van der Waals surface area contributed by atoms with E-state index in [1.807, 2.05) is 19.1 Å². The molecule has 2 aliphatic heterocycles. The summed E-state index contributed by atoms with van der Waals surface area (Å²) in [6.07, 6.45) is 1.80. The summed E-state index contributed by atoms with van der Waals surface area (Å²) in [7, 11) is -3.72. The van der Waals surface area contributed by atoms with Gasteiger partial charge in [-0.2, -0.15) is 0 Å². The predicted molar refractivity (Wildman–Crippen MR) is 107 cm³/mol. The Balaban J connectivity index is 1.44. The smallest absolute Gasteiger partial charge is 0.240 e. The Hall–Kier alpha value is -2.71. The Morgan fingerprint density at radius 2 is 1.72 bits per heavy atom. The van der Waals surface area contributed by atoms with E-state index in [4.69, 9.17) is 4.74 Å². The van der Waals surface area contributed by atoms with E-state index in [0.717, 1.165) is 28.2 Å². The fourth-order valence-corrected chi connectivity index (χ4v) is 4.98. The predicted octanol–water partition coefficient (Wildman–Crippen LogP) is 2.18. The molecule has 8 heteroatoms. The first-order chi connectivity index (χ1) is 13.8. The van der Waals surface area contributed by atoms with Gasteiger partial charge in [0.25, 0.3) is 0 Å². The van der Waals surface area contributed by atoms with Crippen molar-refractivity contribution in [3.8, 4) is 5.75 Å². The van der Waals surface area contributed by atoms with Gasteiger partial charge in [0.1, 0.15) is 5.75 Å². The number of carbonyl (C=O) groups excluding carboxylic acids is 2. The summed E-state index contributed by atoms with van der Waals surface area (Å²) in [6.45, 7) is 2.50. The first kappa shape index (κ1) is 19.6. The van der Waals surface area contributed by atoms with E-state index < -0.39 is 10.0 Å².